The van der Waals surface area contributed by atoms with Gasteiger partial charge in [0.15, 0.2) is 6.61 Å². The molecule has 0 bridgehead atoms. The highest BCUT2D eigenvalue weighted by Crippen LogP contribution is 2.31. The maximum Gasteiger partial charge on any atom is 0.262 e. The second-order valence-corrected chi connectivity index (χ2v) is 7.28. The molecule has 0 radical (unpaired) electrons. The maximum atomic E-state index is 12.8. The van der Waals surface area contributed by atoms with Crippen LogP contribution in [0.2, 0.25) is 0 Å². The van der Waals surface area contributed by atoms with E-state index in [9.17, 15) is 14.7 Å². The van der Waals surface area contributed by atoms with Crippen molar-refractivity contribution in [2.75, 3.05) is 11.9 Å². The quantitative estimate of drug-likeness (QED) is 0.487. The molecule has 2 N–H and O–H groups in total. The number of fused-ring (bicyclic) bond motifs is 2. The molecule has 1 aromatic heterocycles. The molecule has 0 aliphatic heterocycles. The summed E-state index contributed by atoms with van der Waals surface area (Å²) < 4.78 is 11.4. The third kappa shape index (κ3) is 3.48. The fraction of sp³-hybridized carbons (Fsp3) is 0.167. The molecule has 0 aliphatic rings. The average molecular weight is 403 g/mol. The van der Waals surface area contributed by atoms with Crippen LogP contribution in [0.4, 0.5) is 5.69 Å². The van der Waals surface area contributed by atoms with Gasteiger partial charge in [0, 0.05) is 17.8 Å². The monoisotopic (exact) mass is 403 g/mol. The number of hydrogen-bond donors (Lipinski definition) is 2. The van der Waals surface area contributed by atoms with E-state index >= 15 is 0 Å². The van der Waals surface area contributed by atoms with E-state index in [1.165, 1.54) is 12.1 Å². The molecule has 0 fully saturated rings. The van der Waals surface area contributed by atoms with Crippen LogP contribution in [0.1, 0.15) is 16.7 Å². The minimum atomic E-state index is -0.334. The summed E-state index contributed by atoms with van der Waals surface area (Å²) in [4.78, 5) is 25.1. The van der Waals surface area contributed by atoms with Crippen molar-refractivity contribution in [1.29, 1.82) is 0 Å². The molecule has 3 aromatic carbocycles. The molecule has 30 heavy (non-hydrogen) atoms. The summed E-state index contributed by atoms with van der Waals surface area (Å²) >= 11 is 0. The molecule has 1 heterocycles. The van der Waals surface area contributed by atoms with Crippen molar-refractivity contribution in [3.05, 3.63) is 75.4 Å². The number of hydrogen-bond acceptors (Lipinski definition) is 5. The van der Waals surface area contributed by atoms with Crippen LogP contribution >= 0.6 is 0 Å². The van der Waals surface area contributed by atoms with Gasteiger partial charge in [-0.25, -0.2) is 0 Å². The van der Waals surface area contributed by atoms with Crippen LogP contribution in [0.5, 0.6) is 11.5 Å². The lowest BCUT2D eigenvalue weighted by atomic mass is 10.1. The van der Waals surface area contributed by atoms with Gasteiger partial charge in [-0.1, -0.05) is 24.3 Å². The summed E-state index contributed by atoms with van der Waals surface area (Å²) in [6.07, 6.45) is 0. The fourth-order valence-corrected chi connectivity index (χ4v) is 3.40. The topological polar surface area (TPSA) is 88.8 Å². The van der Waals surface area contributed by atoms with E-state index in [2.05, 4.69) is 5.32 Å². The Morgan fingerprint density at radius 3 is 2.60 bits per heavy atom. The van der Waals surface area contributed by atoms with E-state index in [0.717, 1.165) is 22.4 Å². The van der Waals surface area contributed by atoms with E-state index in [0.29, 0.717) is 11.0 Å². The highest BCUT2D eigenvalue weighted by molar-refractivity contribution is 5.95. The Morgan fingerprint density at radius 2 is 1.80 bits per heavy atom. The summed E-state index contributed by atoms with van der Waals surface area (Å²) in [6.45, 7) is 5.49. The normalized spacial score (nSPS) is 11.0. The summed E-state index contributed by atoms with van der Waals surface area (Å²) in [5, 5.41) is 13.7. The molecule has 0 saturated carbocycles. The first-order valence-corrected chi connectivity index (χ1v) is 9.53. The van der Waals surface area contributed by atoms with Crippen LogP contribution in [0.15, 0.2) is 57.7 Å². The lowest BCUT2D eigenvalue weighted by Gasteiger charge is -2.12. The average Bonchev–Trinajstić information content (AvgIpc) is 2.70. The predicted octanol–water partition coefficient (Wildman–Crippen LogP) is 4.59. The zero-order valence-electron chi connectivity index (χ0n) is 16.9. The number of phenolic OH excluding ortho intramolecular Hbond substituents is 1. The Bertz CT molecular complexity index is 1350. The molecule has 4 rings (SSSR count). The van der Waals surface area contributed by atoms with Gasteiger partial charge in [-0.3, -0.25) is 9.59 Å². The van der Waals surface area contributed by atoms with E-state index in [-0.39, 0.29) is 40.4 Å². The first kappa shape index (κ1) is 19.5. The van der Waals surface area contributed by atoms with Gasteiger partial charge in [0.2, 0.25) is 5.43 Å². The number of carbonyl (C=O) groups excluding carboxylic acids is 1. The van der Waals surface area contributed by atoms with Crippen LogP contribution in [0.25, 0.3) is 21.9 Å². The molecule has 4 aromatic rings. The Labute approximate surface area is 172 Å². The number of amides is 1. The zero-order valence-corrected chi connectivity index (χ0v) is 16.9. The van der Waals surface area contributed by atoms with Crippen molar-refractivity contribution < 1.29 is 19.1 Å². The predicted molar refractivity (Wildman–Crippen MR) is 116 cm³/mol. The smallest absolute Gasteiger partial charge is 0.262 e. The van der Waals surface area contributed by atoms with Crippen LogP contribution < -0.4 is 15.5 Å². The number of aromatic hydroxyl groups is 1. The number of benzene rings is 3. The molecule has 1 amide bonds. The third-order valence-corrected chi connectivity index (χ3v) is 5.20. The molecule has 0 saturated heterocycles. The number of rotatable bonds is 4. The first-order valence-electron chi connectivity index (χ1n) is 9.53. The molecule has 0 aliphatic carbocycles. The van der Waals surface area contributed by atoms with Crippen molar-refractivity contribution >= 4 is 33.5 Å². The molecular weight excluding hydrogens is 382 g/mol. The number of nitrogens with one attached hydrogen (secondary N) is 1. The van der Waals surface area contributed by atoms with Gasteiger partial charge in [0.25, 0.3) is 5.91 Å². The number of para-hydroxylation sites is 1. The zero-order chi connectivity index (χ0) is 21.4. The Hall–Kier alpha value is -3.80. The second-order valence-electron chi connectivity index (χ2n) is 7.28. The summed E-state index contributed by atoms with van der Waals surface area (Å²) in [7, 11) is 0. The molecule has 0 spiro atoms. The standard InChI is InChI=1S/C24H21NO5/c1-13-6-5-9-18(15(13)3)25-21(27)12-29-16-10-19(26)22-20(11-16)30-24-14(2)7-4-8-17(24)23(22)28/h4-11,26H,12H2,1-3H3,(H,25,27). The Balaban J connectivity index is 1.61. The number of aryl methyl sites for hydroxylation is 2. The number of phenols is 1. The summed E-state index contributed by atoms with van der Waals surface area (Å²) in [5.41, 5.74) is 3.93. The Kier molecular flexibility index (Phi) is 4.91. The van der Waals surface area contributed by atoms with Crippen molar-refractivity contribution in [3.63, 3.8) is 0 Å². The van der Waals surface area contributed by atoms with Crippen molar-refractivity contribution in [1.82, 2.24) is 0 Å². The highest BCUT2D eigenvalue weighted by atomic mass is 16.5. The first-order chi connectivity index (χ1) is 14.3. The number of ether oxygens (including phenoxy) is 1. The maximum absolute atomic E-state index is 12.8. The summed E-state index contributed by atoms with van der Waals surface area (Å²) in [6, 6.07) is 13.8. The minimum absolute atomic E-state index is 0.0836. The molecule has 6 heteroatoms. The van der Waals surface area contributed by atoms with Crippen molar-refractivity contribution in [2.45, 2.75) is 20.8 Å². The molecule has 6 nitrogen and oxygen atoms in total. The number of carbonyl (C=O) groups is 1. The van der Waals surface area contributed by atoms with Gasteiger partial charge in [0.05, 0.1) is 5.39 Å². The third-order valence-electron chi connectivity index (χ3n) is 5.20. The second kappa shape index (κ2) is 7.55. The molecule has 0 atom stereocenters. The molecular formula is C24H21NO5. The SMILES string of the molecule is Cc1cccc(NC(=O)COc2cc(O)c3c(=O)c4cccc(C)c4oc3c2)c1C. The van der Waals surface area contributed by atoms with E-state index in [1.807, 2.05) is 45.0 Å². The molecule has 0 unspecified atom stereocenters. The van der Waals surface area contributed by atoms with Gasteiger partial charge in [-0.2, -0.15) is 0 Å². The van der Waals surface area contributed by atoms with Crippen LogP contribution in [-0.2, 0) is 4.79 Å². The fourth-order valence-electron chi connectivity index (χ4n) is 3.40. The largest absolute Gasteiger partial charge is 0.507 e. The van der Waals surface area contributed by atoms with Gasteiger partial charge in [-0.05, 0) is 49.6 Å². The van der Waals surface area contributed by atoms with Gasteiger partial charge >= 0.3 is 0 Å². The van der Waals surface area contributed by atoms with Gasteiger partial charge in [-0.15, -0.1) is 0 Å². The lowest BCUT2D eigenvalue weighted by molar-refractivity contribution is -0.118. The highest BCUT2D eigenvalue weighted by Gasteiger charge is 2.15. The van der Waals surface area contributed by atoms with E-state index in [4.69, 9.17) is 9.15 Å². The van der Waals surface area contributed by atoms with Crippen LogP contribution in [0.3, 0.4) is 0 Å². The van der Waals surface area contributed by atoms with Crippen molar-refractivity contribution in [3.8, 4) is 11.5 Å². The van der Waals surface area contributed by atoms with E-state index in [1.54, 1.807) is 12.1 Å². The molecule has 152 valence electrons. The van der Waals surface area contributed by atoms with Gasteiger partial charge in [0.1, 0.15) is 28.1 Å². The minimum Gasteiger partial charge on any atom is -0.507 e. The lowest BCUT2D eigenvalue weighted by Crippen LogP contribution is -2.20. The van der Waals surface area contributed by atoms with Crippen LogP contribution in [-0.4, -0.2) is 17.6 Å². The van der Waals surface area contributed by atoms with Crippen LogP contribution in [0, 0.1) is 20.8 Å². The van der Waals surface area contributed by atoms with Crippen molar-refractivity contribution in [2.24, 2.45) is 0 Å². The van der Waals surface area contributed by atoms with Gasteiger partial charge < -0.3 is 19.6 Å². The number of anilines is 1. The Morgan fingerprint density at radius 1 is 1.07 bits per heavy atom. The van der Waals surface area contributed by atoms with E-state index < -0.39 is 0 Å². The summed E-state index contributed by atoms with van der Waals surface area (Å²) in [5.74, 6) is -0.360.